The number of halogens is 1. The van der Waals surface area contributed by atoms with Gasteiger partial charge in [0.25, 0.3) is 0 Å². The molecule has 118 valence electrons. The van der Waals surface area contributed by atoms with Crippen LogP contribution in [0.25, 0.3) is 0 Å². The molecule has 6 atom stereocenters. The Hall–Kier alpha value is -0.330. The van der Waals surface area contributed by atoms with Crippen molar-refractivity contribution in [3.63, 3.8) is 0 Å². The Labute approximate surface area is 129 Å². The molecule has 4 rings (SSSR count). The van der Waals surface area contributed by atoms with Gasteiger partial charge in [0.15, 0.2) is 0 Å². The van der Waals surface area contributed by atoms with Crippen LogP contribution in [0.3, 0.4) is 0 Å². The zero-order valence-corrected chi connectivity index (χ0v) is 13.9. The normalized spacial score (nSPS) is 56.0. The van der Waals surface area contributed by atoms with Gasteiger partial charge in [-0.3, -0.25) is 4.39 Å². The Morgan fingerprint density at radius 2 is 1.90 bits per heavy atom. The molecule has 4 aliphatic carbocycles. The summed E-state index contributed by atoms with van der Waals surface area (Å²) in [6.45, 7) is 9.07. The number of hydrogen-bond acceptors (Lipinski definition) is 0. The van der Waals surface area contributed by atoms with Crippen LogP contribution in [0.1, 0.15) is 71.6 Å². The second-order valence-electron chi connectivity index (χ2n) is 9.47. The van der Waals surface area contributed by atoms with Crippen LogP contribution in [0, 0.1) is 34.0 Å². The largest absolute Gasteiger partial charge is 0.250 e. The topological polar surface area (TPSA) is 0 Å². The van der Waals surface area contributed by atoms with Crippen molar-refractivity contribution in [1.29, 1.82) is 0 Å². The van der Waals surface area contributed by atoms with E-state index in [1.165, 1.54) is 51.4 Å². The SMILES string of the molecule is C=C1C[C@@]23CC[C@@H]4[C@](C)(CF)CCC[C@@]4(C)[C@@H]2CC[C@@H]1C3. The first-order valence-electron chi connectivity index (χ1n) is 9.17. The summed E-state index contributed by atoms with van der Waals surface area (Å²) in [5.74, 6) is 2.27. The predicted octanol–water partition coefficient (Wildman–Crippen LogP) is 5.93. The number of rotatable bonds is 1. The van der Waals surface area contributed by atoms with Gasteiger partial charge in [-0.1, -0.05) is 32.4 Å². The van der Waals surface area contributed by atoms with E-state index in [9.17, 15) is 4.39 Å². The summed E-state index contributed by atoms with van der Waals surface area (Å²) < 4.78 is 13.9. The van der Waals surface area contributed by atoms with Crippen LogP contribution in [0.2, 0.25) is 0 Å². The van der Waals surface area contributed by atoms with Crippen molar-refractivity contribution in [2.24, 2.45) is 34.0 Å². The van der Waals surface area contributed by atoms with E-state index >= 15 is 0 Å². The van der Waals surface area contributed by atoms with Gasteiger partial charge >= 0.3 is 0 Å². The summed E-state index contributed by atoms with van der Waals surface area (Å²) in [5.41, 5.74) is 2.46. The molecule has 0 aromatic carbocycles. The smallest absolute Gasteiger partial charge is 0.0950 e. The van der Waals surface area contributed by atoms with Crippen LogP contribution in [0.15, 0.2) is 12.2 Å². The van der Waals surface area contributed by atoms with Gasteiger partial charge in [-0.25, -0.2) is 0 Å². The lowest BCUT2D eigenvalue weighted by molar-refractivity contribution is -0.153. The molecule has 0 unspecified atom stereocenters. The van der Waals surface area contributed by atoms with E-state index in [1.54, 1.807) is 5.57 Å². The third-order valence-corrected chi connectivity index (χ3v) is 8.49. The van der Waals surface area contributed by atoms with Crippen molar-refractivity contribution in [3.8, 4) is 0 Å². The molecule has 21 heavy (non-hydrogen) atoms. The van der Waals surface area contributed by atoms with Gasteiger partial charge in [0.1, 0.15) is 0 Å². The predicted molar refractivity (Wildman–Crippen MR) is 85.8 cm³/mol. The molecule has 0 aliphatic heterocycles. The Balaban J connectivity index is 1.73. The average Bonchev–Trinajstić information content (AvgIpc) is 2.68. The molecule has 0 nitrogen and oxygen atoms in total. The minimum Gasteiger partial charge on any atom is -0.250 e. The third-order valence-electron chi connectivity index (χ3n) is 8.49. The standard InChI is InChI=1S/C20H31F/c1-14-11-20-10-7-16-18(2,13-21)8-4-9-19(16,3)17(20)6-5-15(14)12-20/h15-17H,1,4-13H2,2-3H3/t15-,16-,17+,18+,19-,20-/m1/s1. The lowest BCUT2D eigenvalue weighted by Crippen LogP contribution is -2.56. The maximum Gasteiger partial charge on any atom is 0.0950 e. The number of alkyl halides is 1. The summed E-state index contributed by atoms with van der Waals surface area (Å²) in [7, 11) is 0. The number of fused-ring (bicyclic) bond motifs is 3. The first-order valence-corrected chi connectivity index (χ1v) is 9.17. The number of allylic oxidation sites excluding steroid dienone is 1. The van der Waals surface area contributed by atoms with Gasteiger partial charge < -0.3 is 0 Å². The molecular weight excluding hydrogens is 259 g/mol. The zero-order valence-electron chi connectivity index (χ0n) is 13.9. The fourth-order valence-electron chi connectivity index (χ4n) is 7.65. The van der Waals surface area contributed by atoms with Crippen molar-refractivity contribution in [2.45, 2.75) is 71.6 Å². The van der Waals surface area contributed by atoms with Crippen molar-refractivity contribution < 1.29 is 4.39 Å². The third kappa shape index (κ3) is 1.72. The highest BCUT2D eigenvalue weighted by molar-refractivity contribution is 5.22. The van der Waals surface area contributed by atoms with Gasteiger partial charge in [0.05, 0.1) is 6.67 Å². The Kier molecular flexibility index (Phi) is 2.96. The first kappa shape index (κ1) is 14.3. The molecule has 4 aliphatic rings. The molecule has 0 aromatic rings. The highest BCUT2D eigenvalue weighted by Crippen LogP contribution is 2.72. The molecule has 0 N–H and O–H groups in total. The first-order chi connectivity index (χ1) is 9.94. The maximum absolute atomic E-state index is 13.9. The molecule has 0 amide bonds. The fraction of sp³-hybridized carbons (Fsp3) is 0.900. The van der Waals surface area contributed by atoms with Crippen LogP contribution < -0.4 is 0 Å². The van der Waals surface area contributed by atoms with Gasteiger partial charge in [-0.2, -0.15) is 0 Å². The molecule has 0 saturated heterocycles. The van der Waals surface area contributed by atoms with Crippen molar-refractivity contribution in [3.05, 3.63) is 12.2 Å². The van der Waals surface area contributed by atoms with Gasteiger partial charge in [0.2, 0.25) is 0 Å². The second kappa shape index (κ2) is 4.36. The van der Waals surface area contributed by atoms with Crippen LogP contribution in [-0.4, -0.2) is 6.67 Å². The van der Waals surface area contributed by atoms with Crippen molar-refractivity contribution in [2.75, 3.05) is 6.67 Å². The molecule has 0 radical (unpaired) electrons. The van der Waals surface area contributed by atoms with E-state index in [4.69, 9.17) is 0 Å². The van der Waals surface area contributed by atoms with E-state index in [0.717, 1.165) is 18.3 Å². The highest BCUT2D eigenvalue weighted by atomic mass is 19.1. The van der Waals surface area contributed by atoms with E-state index in [2.05, 4.69) is 20.4 Å². The molecule has 4 saturated carbocycles. The van der Waals surface area contributed by atoms with Crippen molar-refractivity contribution in [1.82, 2.24) is 0 Å². The Morgan fingerprint density at radius 3 is 2.67 bits per heavy atom. The van der Waals surface area contributed by atoms with Crippen LogP contribution >= 0.6 is 0 Å². The van der Waals surface area contributed by atoms with E-state index < -0.39 is 0 Å². The minimum absolute atomic E-state index is 0.0406. The summed E-state index contributed by atoms with van der Waals surface area (Å²) in [4.78, 5) is 0. The van der Waals surface area contributed by atoms with Crippen LogP contribution in [0.5, 0.6) is 0 Å². The molecule has 1 spiro atoms. The molecule has 4 fully saturated rings. The maximum atomic E-state index is 13.9. The monoisotopic (exact) mass is 290 g/mol. The van der Waals surface area contributed by atoms with Crippen LogP contribution in [0.4, 0.5) is 4.39 Å². The molecule has 0 aromatic heterocycles. The van der Waals surface area contributed by atoms with Crippen molar-refractivity contribution >= 4 is 0 Å². The van der Waals surface area contributed by atoms with E-state index in [0.29, 0.717) is 16.7 Å². The summed E-state index contributed by atoms with van der Waals surface area (Å²) >= 11 is 0. The molecule has 2 bridgehead atoms. The van der Waals surface area contributed by atoms with E-state index in [-0.39, 0.29) is 12.1 Å². The second-order valence-corrected chi connectivity index (χ2v) is 9.47. The van der Waals surface area contributed by atoms with E-state index in [1.807, 2.05) is 0 Å². The fourth-order valence-corrected chi connectivity index (χ4v) is 7.65. The number of hydrogen-bond donors (Lipinski definition) is 0. The Morgan fingerprint density at radius 1 is 1.10 bits per heavy atom. The molecule has 0 heterocycles. The quantitative estimate of drug-likeness (QED) is 0.525. The minimum atomic E-state index is -0.109. The summed E-state index contributed by atoms with van der Waals surface area (Å²) in [5, 5.41) is 0. The molecule has 1 heteroatoms. The zero-order chi connectivity index (χ0) is 14.9. The summed E-state index contributed by atoms with van der Waals surface area (Å²) in [6.07, 6.45) is 11.8. The lowest BCUT2D eigenvalue weighted by Gasteiger charge is -2.64. The van der Waals surface area contributed by atoms with Gasteiger partial charge in [0, 0.05) is 0 Å². The van der Waals surface area contributed by atoms with Gasteiger partial charge in [-0.05, 0) is 85.4 Å². The Bertz CT molecular complexity index is 468. The lowest BCUT2D eigenvalue weighted by atomic mass is 9.41. The van der Waals surface area contributed by atoms with Crippen LogP contribution in [-0.2, 0) is 0 Å². The van der Waals surface area contributed by atoms with Gasteiger partial charge in [-0.15, -0.1) is 0 Å². The summed E-state index contributed by atoms with van der Waals surface area (Å²) in [6, 6.07) is 0. The average molecular weight is 290 g/mol. The highest BCUT2D eigenvalue weighted by Gasteiger charge is 2.63. The molecular formula is C20H31F.